The van der Waals surface area contributed by atoms with Crippen LogP contribution in [0.25, 0.3) is 0 Å². The van der Waals surface area contributed by atoms with Gasteiger partial charge in [0.2, 0.25) is 11.8 Å². The number of imide groups is 2. The summed E-state index contributed by atoms with van der Waals surface area (Å²) >= 11 is 16.0. The smallest absolute Gasteiger partial charge is 0.326 e. The lowest BCUT2D eigenvalue weighted by Gasteiger charge is -2.17. The van der Waals surface area contributed by atoms with E-state index in [1.165, 1.54) is 19.6 Å². The maximum Gasteiger partial charge on any atom is 0.326 e. The monoisotopic (exact) mass is 1000 g/mol. The van der Waals surface area contributed by atoms with E-state index >= 15 is 0 Å². The number of nitrogen functional groups attached to an aromatic ring is 1. The van der Waals surface area contributed by atoms with Gasteiger partial charge >= 0.3 is 12.1 Å². The first-order valence-corrected chi connectivity index (χ1v) is 22.8. The van der Waals surface area contributed by atoms with Crippen LogP contribution in [0.1, 0.15) is 54.1 Å². The Morgan fingerprint density at radius 3 is 1.51 bits per heavy atom. The summed E-state index contributed by atoms with van der Waals surface area (Å²) in [5.41, 5.74) is 13.9. The van der Waals surface area contributed by atoms with Crippen molar-refractivity contribution in [2.45, 2.75) is 26.7 Å². The number of nitrogens with one attached hydrogen (secondary N) is 1. The van der Waals surface area contributed by atoms with E-state index in [4.69, 9.17) is 28.9 Å². The zero-order chi connectivity index (χ0) is 48.4. The number of ketones is 2. The number of rotatable bonds is 12. The van der Waals surface area contributed by atoms with E-state index in [1.54, 1.807) is 56.6 Å². The van der Waals surface area contributed by atoms with Crippen LogP contribution in [0.4, 0.5) is 26.7 Å². The number of anilines is 3. The molecule has 6 aromatic rings. The molecule has 8 rings (SSSR count). The van der Waals surface area contributed by atoms with Gasteiger partial charge in [0.05, 0.1) is 10.0 Å². The molecule has 0 saturated carbocycles. The highest BCUT2D eigenvalue weighted by molar-refractivity contribution is 9.10. The van der Waals surface area contributed by atoms with E-state index in [-0.39, 0.29) is 48.5 Å². The van der Waals surface area contributed by atoms with Gasteiger partial charge in [-0.3, -0.25) is 29.0 Å². The third kappa shape index (κ3) is 12.4. The fourth-order valence-electron chi connectivity index (χ4n) is 7.40. The first-order chi connectivity index (χ1) is 32.0. The van der Waals surface area contributed by atoms with E-state index in [2.05, 4.69) is 21.2 Å². The highest BCUT2D eigenvalue weighted by Gasteiger charge is 2.34. The van der Waals surface area contributed by atoms with Crippen molar-refractivity contribution in [3.05, 3.63) is 192 Å². The van der Waals surface area contributed by atoms with Gasteiger partial charge in [0.1, 0.15) is 13.1 Å². The third-order valence-electron chi connectivity index (χ3n) is 11.2. The SMILES string of the molecule is CN1CC(=O)N(CCc2ccccc2Br)C1=O.Cc1ccccc1C(=O)c1ccc(N)cc1Cl.Cc1ccccc1C(=O)c1ccc(Nc2ccccc2CCN2C(=O)CN(C)C2=O)cc1Cl. The Balaban J connectivity index is 0.000000183. The summed E-state index contributed by atoms with van der Waals surface area (Å²) in [5, 5.41) is 4.09. The van der Waals surface area contributed by atoms with E-state index in [0.29, 0.717) is 63.9 Å². The van der Waals surface area contributed by atoms with Crippen molar-refractivity contribution in [3.63, 3.8) is 0 Å². The number of aryl methyl sites for hydroxylation is 2. The predicted octanol–water partition coefficient (Wildman–Crippen LogP) is 10.4. The van der Waals surface area contributed by atoms with Crippen LogP contribution in [0.2, 0.25) is 10.0 Å². The molecule has 12 nitrogen and oxygen atoms in total. The van der Waals surface area contributed by atoms with Gasteiger partial charge in [-0.05, 0) is 97.5 Å². The van der Waals surface area contributed by atoms with E-state index in [9.17, 15) is 28.8 Å². The highest BCUT2D eigenvalue weighted by Crippen LogP contribution is 2.29. The van der Waals surface area contributed by atoms with E-state index in [0.717, 1.165) is 38.1 Å². The Labute approximate surface area is 408 Å². The van der Waals surface area contributed by atoms with Crippen LogP contribution in [-0.2, 0) is 22.4 Å². The molecule has 2 saturated heterocycles. The zero-order valence-electron chi connectivity index (χ0n) is 37.4. The molecule has 0 atom stereocenters. The lowest BCUT2D eigenvalue weighted by Crippen LogP contribution is -2.33. The zero-order valence-corrected chi connectivity index (χ0v) is 40.5. The van der Waals surface area contributed by atoms with Crippen molar-refractivity contribution in [2.75, 3.05) is 51.3 Å². The van der Waals surface area contributed by atoms with Gasteiger partial charge in [0.15, 0.2) is 11.6 Å². The molecule has 3 N–H and O–H groups in total. The van der Waals surface area contributed by atoms with Crippen molar-refractivity contribution in [3.8, 4) is 0 Å². The van der Waals surface area contributed by atoms with Gasteiger partial charge < -0.3 is 20.9 Å². The molecule has 0 spiro atoms. The third-order valence-corrected chi connectivity index (χ3v) is 12.6. The molecular weight excluding hydrogens is 955 g/mol. The number of carbonyl (C=O) groups excluding carboxylic acids is 6. The molecule has 0 radical (unpaired) electrons. The molecule has 0 aromatic heterocycles. The quantitative estimate of drug-likeness (QED) is 0.0698. The maximum absolute atomic E-state index is 12.9. The molecule has 6 aromatic carbocycles. The maximum atomic E-state index is 12.9. The number of benzene rings is 6. The van der Waals surface area contributed by atoms with Gasteiger partial charge in [0.25, 0.3) is 0 Å². The summed E-state index contributed by atoms with van der Waals surface area (Å²) in [6.45, 7) is 4.85. The normalized spacial score (nSPS) is 13.3. The summed E-state index contributed by atoms with van der Waals surface area (Å²) < 4.78 is 1.01. The van der Waals surface area contributed by atoms with Crippen LogP contribution >= 0.6 is 39.1 Å². The predicted molar refractivity (Wildman–Crippen MR) is 267 cm³/mol. The van der Waals surface area contributed by atoms with Crippen molar-refractivity contribution < 1.29 is 28.8 Å². The number of halogens is 3. The second kappa shape index (κ2) is 22.6. The molecular formula is C52H49BrCl2N6O6. The number of nitrogens with two attached hydrogens (primary N) is 1. The Bertz CT molecular complexity index is 2860. The summed E-state index contributed by atoms with van der Waals surface area (Å²) in [6.07, 6.45) is 1.19. The molecule has 15 heteroatoms. The Hall–Kier alpha value is -6.80. The minimum absolute atomic E-state index is 0.0758. The molecule has 2 heterocycles. The number of likely N-dealkylation sites (N-methyl/N-ethyl adjacent to an activating group) is 2. The molecule has 0 bridgehead atoms. The molecule has 344 valence electrons. The summed E-state index contributed by atoms with van der Waals surface area (Å²) in [7, 11) is 3.26. The van der Waals surface area contributed by atoms with Crippen molar-refractivity contribution in [1.82, 2.24) is 19.6 Å². The summed E-state index contributed by atoms with van der Waals surface area (Å²) in [6, 6.07) is 40.1. The molecule has 2 aliphatic heterocycles. The number of carbonyl (C=O) groups is 6. The van der Waals surface area contributed by atoms with Crippen LogP contribution in [-0.4, -0.2) is 95.3 Å². The highest BCUT2D eigenvalue weighted by atomic mass is 79.9. The largest absolute Gasteiger partial charge is 0.399 e. The Kier molecular flexibility index (Phi) is 16.7. The Morgan fingerprint density at radius 2 is 1.03 bits per heavy atom. The molecule has 67 heavy (non-hydrogen) atoms. The molecule has 0 unspecified atom stereocenters. The second-order valence-electron chi connectivity index (χ2n) is 16.0. The van der Waals surface area contributed by atoms with Gasteiger partial charge in [-0.15, -0.1) is 0 Å². The minimum atomic E-state index is -0.272. The van der Waals surface area contributed by atoms with Gasteiger partial charge in [0, 0.05) is 71.0 Å². The van der Waals surface area contributed by atoms with E-state index in [1.807, 2.05) is 105 Å². The number of hydrogen-bond donors (Lipinski definition) is 2. The molecule has 2 aliphatic rings. The van der Waals surface area contributed by atoms with Crippen molar-refractivity contribution >= 4 is 91.6 Å². The molecule has 0 aliphatic carbocycles. The number of nitrogens with zero attached hydrogens (tertiary/aromatic N) is 4. The number of amides is 6. The van der Waals surface area contributed by atoms with Crippen LogP contribution in [0.3, 0.4) is 0 Å². The molecule has 6 amide bonds. The van der Waals surface area contributed by atoms with Crippen LogP contribution in [0.15, 0.2) is 138 Å². The van der Waals surface area contributed by atoms with Crippen LogP contribution in [0, 0.1) is 13.8 Å². The lowest BCUT2D eigenvalue weighted by atomic mass is 9.99. The average Bonchev–Trinajstić information content (AvgIpc) is 3.70. The van der Waals surface area contributed by atoms with Gasteiger partial charge in [-0.25, -0.2) is 9.59 Å². The van der Waals surface area contributed by atoms with Gasteiger partial charge in [-0.1, -0.05) is 124 Å². The first kappa shape index (κ1) is 49.6. The average molecular weight is 1000 g/mol. The van der Waals surface area contributed by atoms with Crippen LogP contribution in [0.5, 0.6) is 0 Å². The van der Waals surface area contributed by atoms with E-state index < -0.39 is 0 Å². The fourth-order valence-corrected chi connectivity index (χ4v) is 8.42. The second-order valence-corrected chi connectivity index (χ2v) is 17.6. The van der Waals surface area contributed by atoms with Crippen molar-refractivity contribution in [2.24, 2.45) is 0 Å². The fraction of sp³-hybridized carbons (Fsp3) is 0.192. The topological polar surface area (TPSA) is 153 Å². The lowest BCUT2D eigenvalue weighted by molar-refractivity contribution is -0.126. The Morgan fingerprint density at radius 1 is 0.582 bits per heavy atom. The van der Waals surface area contributed by atoms with Crippen LogP contribution < -0.4 is 11.1 Å². The number of hydrogen-bond acceptors (Lipinski definition) is 8. The summed E-state index contributed by atoms with van der Waals surface area (Å²) in [4.78, 5) is 78.0. The first-order valence-electron chi connectivity index (χ1n) is 21.3. The molecule has 2 fully saturated rings. The number of urea groups is 2. The van der Waals surface area contributed by atoms with Gasteiger partial charge in [-0.2, -0.15) is 0 Å². The standard InChI is InChI=1S/C26H24ClN3O3.C14H12ClNO.C12H13BrN2O2/c1-17-7-3-5-9-20(17)25(32)21-12-11-19(15-22(21)27)28-23-10-6-4-8-18(23)13-14-30-24(31)16-29(2)26(30)33;1-9-4-2-3-5-11(9)14(17)12-7-6-10(16)8-13(12)15;1-14-8-11(16)15(12(14)17)7-6-9-4-2-3-5-10(9)13/h3-12,15,28H,13-14,16H2,1-2H3;2-8H,16H2,1H3;2-5H,6-8H2,1H3. The summed E-state index contributed by atoms with van der Waals surface area (Å²) in [5.74, 6) is -0.499. The number of para-hydroxylation sites is 1. The van der Waals surface area contributed by atoms with Crippen molar-refractivity contribution in [1.29, 1.82) is 0 Å². The minimum Gasteiger partial charge on any atom is -0.399 e.